The van der Waals surface area contributed by atoms with Gasteiger partial charge >= 0.3 is 6.18 Å². The summed E-state index contributed by atoms with van der Waals surface area (Å²) in [5.74, 6) is 0. The molecular formula is C23H23ClF3N5O2. The van der Waals surface area contributed by atoms with E-state index in [1.807, 2.05) is 9.47 Å². The molecule has 1 unspecified atom stereocenters. The third kappa shape index (κ3) is 4.44. The van der Waals surface area contributed by atoms with Crippen LogP contribution < -0.4 is 10.5 Å². The lowest BCUT2D eigenvalue weighted by Gasteiger charge is -2.30. The molecule has 0 N–H and O–H groups in total. The van der Waals surface area contributed by atoms with Gasteiger partial charge in [-0.1, -0.05) is 23.7 Å². The first-order chi connectivity index (χ1) is 16.3. The second kappa shape index (κ2) is 9.07. The Morgan fingerprint density at radius 2 is 1.97 bits per heavy atom. The van der Waals surface area contributed by atoms with Gasteiger partial charge < -0.3 is 14.2 Å². The predicted octanol–water partition coefficient (Wildman–Crippen LogP) is 4.42. The van der Waals surface area contributed by atoms with Gasteiger partial charge in [0.1, 0.15) is 5.02 Å². The Kier molecular flexibility index (Phi) is 6.11. The fourth-order valence-corrected chi connectivity index (χ4v) is 4.74. The molecule has 34 heavy (non-hydrogen) atoms. The maximum Gasteiger partial charge on any atom is 0.416 e. The lowest BCUT2D eigenvalue weighted by Crippen LogP contribution is -2.36. The summed E-state index contributed by atoms with van der Waals surface area (Å²) >= 11 is 6.46. The van der Waals surface area contributed by atoms with Crippen LogP contribution in [0.25, 0.3) is 0 Å². The van der Waals surface area contributed by atoms with E-state index in [-0.39, 0.29) is 16.8 Å². The van der Waals surface area contributed by atoms with Gasteiger partial charge in [0.2, 0.25) is 0 Å². The van der Waals surface area contributed by atoms with Crippen molar-refractivity contribution >= 4 is 17.3 Å². The molecule has 0 aliphatic carbocycles. The van der Waals surface area contributed by atoms with Crippen molar-refractivity contribution < 1.29 is 17.9 Å². The number of alkyl halides is 3. The van der Waals surface area contributed by atoms with Crippen molar-refractivity contribution in [2.45, 2.75) is 51.2 Å². The molecule has 4 heterocycles. The van der Waals surface area contributed by atoms with Crippen LogP contribution in [0.4, 0.5) is 18.9 Å². The Balaban J connectivity index is 1.32. The van der Waals surface area contributed by atoms with Crippen molar-refractivity contribution in [3.8, 4) is 0 Å². The number of aromatic nitrogens is 4. The quantitative estimate of drug-likeness (QED) is 0.538. The Hall–Kier alpha value is -2.85. The van der Waals surface area contributed by atoms with E-state index < -0.39 is 11.7 Å². The maximum atomic E-state index is 12.8. The molecule has 2 aliphatic heterocycles. The third-order valence-corrected chi connectivity index (χ3v) is 6.68. The summed E-state index contributed by atoms with van der Waals surface area (Å²) in [6, 6.07) is 5.16. The Morgan fingerprint density at radius 3 is 2.68 bits per heavy atom. The first-order valence-corrected chi connectivity index (χ1v) is 11.5. The van der Waals surface area contributed by atoms with Crippen LogP contribution in [0, 0.1) is 0 Å². The van der Waals surface area contributed by atoms with Crippen molar-refractivity contribution in [3.63, 3.8) is 0 Å². The average Bonchev–Trinajstić information content (AvgIpc) is 3.23. The van der Waals surface area contributed by atoms with Crippen molar-refractivity contribution in [1.82, 2.24) is 19.3 Å². The number of hydrogen-bond acceptors (Lipinski definition) is 5. The summed E-state index contributed by atoms with van der Waals surface area (Å²) < 4.78 is 47.4. The molecular weight excluding hydrogens is 471 g/mol. The van der Waals surface area contributed by atoms with Crippen molar-refractivity contribution in [1.29, 1.82) is 0 Å². The highest BCUT2D eigenvalue weighted by Gasteiger charge is 2.30. The molecule has 1 fully saturated rings. The lowest BCUT2D eigenvalue weighted by atomic mass is 10.1. The second-order valence-electron chi connectivity index (χ2n) is 8.55. The van der Waals surface area contributed by atoms with Crippen molar-refractivity contribution in [2.24, 2.45) is 0 Å². The lowest BCUT2D eigenvalue weighted by molar-refractivity contribution is -0.137. The van der Waals surface area contributed by atoms with E-state index in [4.69, 9.17) is 16.3 Å². The molecule has 5 rings (SSSR count). The molecule has 180 valence electrons. The highest BCUT2D eigenvalue weighted by Crippen LogP contribution is 2.31. The number of rotatable bonds is 4. The first kappa shape index (κ1) is 22.9. The summed E-state index contributed by atoms with van der Waals surface area (Å²) in [5.41, 5.74) is 2.14. The zero-order valence-corrected chi connectivity index (χ0v) is 19.0. The van der Waals surface area contributed by atoms with E-state index in [9.17, 15) is 18.0 Å². The van der Waals surface area contributed by atoms with E-state index in [1.165, 1.54) is 16.8 Å². The molecule has 2 aromatic heterocycles. The van der Waals surface area contributed by atoms with Crippen LogP contribution in [0.1, 0.15) is 48.0 Å². The summed E-state index contributed by atoms with van der Waals surface area (Å²) in [6.45, 7) is 2.10. The fraction of sp³-hybridized carbons (Fsp3) is 0.435. The minimum atomic E-state index is -4.35. The fourth-order valence-electron chi connectivity index (χ4n) is 4.49. The SMILES string of the molecule is O=c1c(Cl)c(N2CCc3c(ncn3Cc3ccc(C(F)(F)F)cc3)C2)cnn1C1CCCCO1. The van der Waals surface area contributed by atoms with Crippen LogP contribution in [-0.4, -0.2) is 32.5 Å². The molecule has 7 nitrogen and oxygen atoms in total. The summed E-state index contributed by atoms with van der Waals surface area (Å²) in [4.78, 5) is 19.3. The second-order valence-corrected chi connectivity index (χ2v) is 8.92. The topological polar surface area (TPSA) is 65.2 Å². The smallest absolute Gasteiger partial charge is 0.362 e. The van der Waals surface area contributed by atoms with E-state index in [0.29, 0.717) is 38.3 Å². The Labute approximate surface area is 198 Å². The number of nitrogens with zero attached hydrogens (tertiary/aromatic N) is 5. The highest BCUT2D eigenvalue weighted by atomic mass is 35.5. The molecule has 2 aliphatic rings. The van der Waals surface area contributed by atoms with Crippen molar-refractivity contribution in [3.05, 3.63) is 74.7 Å². The summed E-state index contributed by atoms with van der Waals surface area (Å²) in [6.07, 6.45) is 1.89. The number of anilines is 1. The minimum Gasteiger partial charge on any atom is -0.362 e. The van der Waals surface area contributed by atoms with Gasteiger partial charge in [0.05, 0.1) is 36.0 Å². The van der Waals surface area contributed by atoms with Crippen LogP contribution in [0.5, 0.6) is 0 Å². The van der Waals surface area contributed by atoms with Gasteiger partial charge in [0.25, 0.3) is 5.56 Å². The number of hydrogen-bond donors (Lipinski definition) is 0. The van der Waals surface area contributed by atoms with Crippen LogP contribution in [-0.2, 0) is 30.4 Å². The maximum absolute atomic E-state index is 12.8. The molecule has 3 aromatic rings. The Morgan fingerprint density at radius 1 is 1.18 bits per heavy atom. The van der Waals surface area contributed by atoms with Gasteiger partial charge in [-0.2, -0.15) is 23.0 Å². The molecule has 11 heteroatoms. The molecule has 0 amide bonds. The Bertz CT molecular complexity index is 1230. The third-order valence-electron chi connectivity index (χ3n) is 6.32. The predicted molar refractivity (Wildman–Crippen MR) is 120 cm³/mol. The largest absolute Gasteiger partial charge is 0.416 e. The first-order valence-electron chi connectivity index (χ1n) is 11.1. The van der Waals surface area contributed by atoms with Crippen LogP contribution in [0.2, 0.25) is 5.02 Å². The molecule has 1 atom stereocenters. The normalized spacial score (nSPS) is 18.7. The molecule has 0 spiro atoms. The van der Waals surface area contributed by atoms with Gasteiger partial charge in [0, 0.05) is 31.8 Å². The zero-order valence-electron chi connectivity index (χ0n) is 18.3. The summed E-state index contributed by atoms with van der Waals surface area (Å²) in [5, 5.41) is 4.43. The van der Waals surface area contributed by atoms with Crippen LogP contribution in [0.15, 0.2) is 41.6 Å². The molecule has 1 saturated heterocycles. The van der Waals surface area contributed by atoms with Crippen LogP contribution >= 0.6 is 11.6 Å². The molecule has 0 saturated carbocycles. The number of imidazole rings is 1. The molecule has 0 bridgehead atoms. The van der Waals surface area contributed by atoms with Crippen molar-refractivity contribution in [2.75, 3.05) is 18.1 Å². The molecule has 0 radical (unpaired) electrons. The van der Waals surface area contributed by atoms with Gasteiger partial charge in [-0.3, -0.25) is 4.79 Å². The summed E-state index contributed by atoms with van der Waals surface area (Å²) in [7, 11) is 0. The number of ether oxygens (including phenoxy) is 1. The molecule has 1 aromatic carbocycles. The number of benzene rings is 1. The van der Waals surface area contributed by atoms with Gasteiger partial charge in [-0.25, -0.2) is 4.98 Å². The zero-order chi connectivity index (χ0) is 23.9. The van der Waals surface area contributed by atoms with Gasteiger partial charge in [0.15, 0.2) is 6.23 Å². The average molecular weight is 494 g/mol. The van der Waals surface area contributed by atoms with E-state index >= 15 is 0 Å². The number of halogens is 4. The highest BCUT2D eigenvalue weighted by molar-refractivity contribution is 6.33. The van der Waals surface area contributed by atoms with Crippen LogP contribution in [0.3, 0.4) is 0 Å². The van der Waals surface area contributed by atoms with E-state index in [0.717, 1.165) is 48.3 Å². The van der Waals surface area contributed by atoms with E-state index in [2.05, 4.69) is 10.1 Å². The standard InChI is InChI=1S/C23H23ClF3N5O2/c24-21-19(11-29-32(22(21)33)20-3-1-2-10-34-20)30-9-8-18-17(13-30)28-14-31(18)12-15-4-6-16(7-5-15)23(25,26)27/h4-7,11,14,20H,1-3,8-10,12-13H2. The van der Waals surface area contributed by atoms with E-state index in [1.54, 1.807) is 12.5 Å². The van der Waals surface area contributed by atoms with Gasteiger partial charge in [-0.15, -0.1) is 0 Å². The minimum absolute atomic E-state index is 0.108. The van der Waals surface area contributed by atoms with Gasteiger partial charge in [-0.05, 0) is 37.0 Å². The monoisotopic (exact) mass is 493 g/mol. The number of fused-ring (bicyclic) bond motifs is 1.